The van der Waals surface area contributed by atoms with Gasteiger partial charge in [0.1, 0.15) is 6.61 Å². The van der Waals surface area contributed by atoms with E-state index in [0.29, 0.717) is 11.6 Å². The minimum atomic E-state index is -6.31. The van der Waals surface area contributed by atoms with Gasteiger partial charge in [-0.3, -0.25) is 4.55 Å². The van der Waals surface area contributed by atoms with Crippen LogP contribution in [-0.2, 0) is 35.8 Å². The van der Waals surface area contributed by atoms with E-state index in [1.165, 1.54) is 0 Å². The first kappa shape index (κ1) is 23.6. The van der Waals surface area contributed by atoms with E-state index >= 15 is 0 Å². The predicted octanol–water partition coefficient (Wildman–Crippen LogP) is 2.73. The molecule has 0 aliphatic rings. The summed E-state index contributed by atoms with van der Waals surface area (Å²) in [5, 5.41) is -5.67. The number of benzene rings is 1. The predicted molar refractivity (Wildman–Crippen MR) is 87.0 cm³/mol. The van der Waals surface area contributed by atoms with Gasteiger partial charge in [-0.05, 0) is 12.0 Å². The van der Waals surface area contributed by atoms with E-state index in [1.54, 1.807) is 30.3 Å². The van der Waals surface area contributed by atoms with Gasteiger partial charge in [0.2, 0.25) is 0 Å². The van der Waals surface area contributed by atoms with Crippen molar-refractivity contribution in [1.29, 1.82) is 0 Å². The van der Waals surface area contributed by atoms with Crippen LogP contribution in [-0.4, -0.2) is 42.7 Å². The van der Waals surface area contributed by atoms with Gasteiger partial charge < -0.3 is 9.47 Å². The summed E-state index contributed by atoms with van der Waals surface area (Å²) in [7, 11) is -6.31. The Labute approximate surface area is 157 Å². The van der Waals surface area contributed by atoms with Crippen molar-refractivity contribution in [2.24, 2.45) is 0 Å². The number of ether oxygens (including phenoxy) is 2. The monoisotopic (exact) mass is 428 g/mol. The second-order valence-corrected chi connectivity index (χ2v) is 6.86. The van der Waals surface area contributed by atoms with Crippen molar-refractivity contribution < 1.29 is 49.6 Å². The average Bonchev–Trinajstić information content (AvgIpc) is 2.61. The number of alkyl halides is 4. The maximum absolute atomic E-state index is 13.2. The van der Waals surface area contributed by atoms with Gasteiger partial charge in [0.15, 0.2) is 0 Å². The molecule has 0 aliphatic heterocycles. The molecule has 0 spiro atoms. The highest BCUT2D eigenvalue weighted by molar-refractivity contribution is 7.87. The molecule has 0 saturated heterocycles. The first-order chi connectivity index (χ1) is 12.9. The van der Waals surface area contributed by atoms with Crippen LogP contribution in [0, 0.1) is 0 Å². The number of carbonyl (C=O) groups excluding carboxylic acids is 2. The average molecular weight is 428 g/mol. The van der Waals surface area contributed by atoms with Gasteiger partial charge in [-0.1, -0.05) is 30.3 Å². The molecule has 156 valence electrons. The molecular weight excluding hydrogens is 412 g/mol. The van der Waals surface area contributed by atoms with Gasteiger partial charge >= 0.3 is 33.2 Å². The third kappa shape index (κ3) is 6.93. The van der Waals surface area contributed by atoms with Gasteiger partial charge in [0.05, 0.1) is 6.61 Å². The summed E-state index contributed by atoms with van der Waals surface area (Å²) in [4.78, 5) is 22.7. The van der Waals surface area contributed by atoms with Gasteiger partial charge in [-0.2, -0.15) is 26.0 Å². The van der Waals surface area contributed by atoms with Crippen LogP contribution >= 0.6 is 0 Å². The van der Waals surface area contributed by atoms with Crippen molar-refractivity contribution in [3.05, 3.63) is 48.0 Å². The number of halogens is 4. The lowest BCUT2D eigenvalue weighted by Gasteiger charge is -2.23. The molecule has 1 rings (SSSR count). The van der Waals surface area contributed by atoms with Gasteiger partial charge in [0, 0.05) is 18.6 Å². The molecule has 7 nitrogen and oxygen atoms in total. The summed E-state index contributed by atoms with van der Waals surface area (Å²) in [6.07, 6.45) is -1.11. The van der Waals surface area contributed by atoms with Crippen molar-refractivity contribution in [1.82, 2.24) is 0 Å². The molecule has 1 aromatic rings. The number of carbonyl (C=O) groups is 2. The van der Waals surface area contributed by atoms with Crippen molar-refractivity contribution in [2.45, 2.75) is 30.6 Å². The van der Waals surface area contributed by atoms with E-state index in [-0.39, 0.29) is 6.61 Å². The molecule has 0 atom stereocenters. The molecule has 0 fully saturated rings. The van der Waals surface area contributed by atoms with Crippen LogP contribution < -0.4 is 0 Å². The minimum absolute atomic E-state index is 0.0455. The second-order valence-electron chi connectivity index (χ2n) is 5.39. The van der Waals surface area contributed by atoms with Crippen LogP contribution in [0.1, 0.15) is 18.4 Å². The van der Waals surface area contributed by atoms with Crippen molar-refractivity contribution in [2.75, 3.05) is 6.61 Å². The van der Waals surface area contributed by atoms with Crippen molar-refractivity contribution in [3.63, 3.8) is 0 Å². The molecule has 28 heavy (non-hydrogen) atoms. The highest BCUT2D eigenvalue weighted by atomic mass is 32.2. The fourth-order valence-electron chi connectivity index (χ4n) is 1.76. The third-order valence-corrected chi connectivity index (χ3v) is 4.16. The molecule has 12 heteroatoms. The zero-order chi connectivity index (χ0) is 21.4. The summed E-state index contributed by atoms with van der Waals surface area (Å²) in [5.41, 5.74) is 0.703. The third-order valence-electron chi connectivity index (χ3n) is 3.21. The zero-order valence-corrected chi connectivity index (χ0v) is 15.0. The Morgan fingerprint density at radius 1 is 1.00 bits per heavy atom. The fraction of sp³-hybridized carbons (Fsp3) is 0.375. The maximum atomic E-state index is 13.2. The number of rotatable bonds is 10. The molecule has 0 unspecified atom stereocenters. The van der Waals surface area contributed by atoms with Crippen LogP contribution in [0.25, 0.3) is 0 Å². The zero-order valence-electron chi connectivity index (χ0n) is 14.2. The van der Waals surface area contributed by atoms with Crippen molar-refractivity contribution in [3.8, 4) is 0 Å². The van der Waals surface area contributed by atoms with E-state index in [4.69, 9.17) is 9.29 Å². The Bertz CT molecular complexity index is 808. The largest absolute Gasteiger partial charge is 0.463 e. The topological polar surface area (TPSA) is 107 Å². The van der Waals surface area contributed by atoms with E-state index in [1.807, 2.05) is 0 Å². The molecule has 0 saturated carbocycles. The van der Waals surface area contributed by atoms with E-state index < -0.39 is 52.7 Å². The summed E-state index contributed by atoms with van der Waals surface area (Å²) in [6, 6.07) is 8.62. The van der Waals surface area contributed by atoms with Crippen LogP contribution in [0.3, 0.4) is 0 Å². The Balaban J connectivity index is 2.36. The Hall–Kier alpha value is -2.47. The molecular formula is C16H16F4O7S. The first-order valence-electron chi connectivity index (χ1n) is 7.65. The normalized spacial score (nSPS) is 12.8. The van der Waals surface area contributed by atoms with E-state index in [9.17, 15) is 35.6 Å². The standard InChI is InChI=1S/C16H16F4O7S/c17-15(18,16(19,20)28(23,24)25)9-4-10-26-13(21)7-8-14(22)27-11-12-5-2-1-3-6-12/h1-3,5-8H,4,9-11H2,(H,23,24,25)/b8-7-. The van der Waals surface area contributed by atoms with Gasteiger partial charge in [0.25, 0.3) is 0 Å². The van der Waals surface area contributed by atoms with E-state index in [2.05, 4.69) is 4.74 Å². The van der Waals surface area contributed by atoms with Crippen LogP contribution in [0.5, 0.6) is 0 Å². The number of hydrogen-bond donors (Lipinski definition) is 1. The molecule has 1 aromatic carbocycles. The van der Waals surface area contributed by atoms with Crippen molar-refractivity contribution >= 4 is 22.1 Å². The van der Waals surface area contributed by atoms with Gasteiger partial charge in [-0.25, -0.2) is 9.59 Å². The lowest BCUT2D eigenvalue weighted by molar-refractivity contribution is -0.167. The molecule has 0 bridgehead atoms. The summed E-state index contributed by atoms with van der Waals surface area (Å²) >= 11 is 0. The highest BCUT2D eigenvalue weighted by Gasteiger charge is 2.64. The Morgan fingerprint density at radius 2 is 1.54 bits per heavy atom. The number of hydrogen-bond acceptors (Lipinski definition) is 6. The van der Waals surface area contributed by atoms with Gasteiger partial charge in [-0.15, -0.1) is 0 Å². The first-order valence-corrected chi connectivity index (χ1v) is 9.09. The minimum Gasteiger partial charge on any atom is -0.463 e. The van der Waals surface area contributed by atoms with Crippen LogP contribution in [0.2, 0.25) is 0 Å². The Morgan fingerprint density at radius 3 is 2.07 bits per heavy atom. The molecule has 0 aromatic heterocycles. The molecule has 0 heterocycles. The van der Waals surface area contributed by atoms with Crippen LogP contribution in [0.15, 0.2) is 42.5 Å². The molecule has 0 aliphatic carbocycles. The van der Waals surface area contributed by atoms with E-state index in [0.717, 1.165) is 6.08 Å². The highest BCUT2D eigenvalue weighted by Crippen LogP contribution is 2.41. The molecule has 0 amide bonds. The summed E-state index contributed by atoms with van der Waals surface area (Å²) in [6.45, 7) is -0.796. The number of esters is 2. The summed E-state index contributed by atoms with van der Waals surface area (Å²) in [5.74, 6) is -7.06. The lowest BCUT2D eigenvalue weighted by Crippen LogP contribution is -2.46. The molecule has 0 radical (unpaired) electrons. The molecule has 1 N–H and O–H groups in total. The summed E-state index contributed by atoms with van der Waals surface area (Å²) < 4.78 is 90.3. The smallest absolute Gasteiger partial charge is 0.431 e. The lowest BCUT2D eigenvalue weighted by atomic mass is 10.2. The van der Waals surface area contributed by atoms with Crippen LogP contribution in [0.4, 0.5) is 17.6 Å². The maximum Gasteiger partial charge on any atom is 0.431 e. The SMILES string of the molecule is O=C(/C=C\C(=O)OCc1ccccc1)OCCCC(F)(F)C(F)(F)S(=O)(=O)O. The Kier molecular flexibility index (Phi) is 8.12. The quantitative estimate of drug-likeness (QED) is 0.201. The fourth-order valence-corrected chi connectivity index (χ4v) is 2.24. The second kappa shape index (κ2) is 9.64.